The molecule has 1 heterocycles. The summed E-state index contributed by atoms with van der Waals surface area (Å²) in [6, 6.07) is 6.33. The number of methoxy groups -OCH3 is 1. The number of ether oxygens (including phenoxy) is 1. The zero-order valence-corrected chi connectivity index (χ0v) is 11.5. The monoisotopic (exact) mass is 283 g/mol. The second kappa shape index (κ2) is 5.09. The molecule has 0 aromatic heterocycles. The van der Waals surface area contributed by atoms with Gasteiger partial charge in [-0.15, -0.1) is 0 Å². The summed E-state index contributed by atoms with van der Waals surface area (Å²) in [6.45, 7) is 4.65. The molecule has 1 aliphatic rings. The molecule has 0 saturated carbocycles. The zero-order valence-electron chi connectivity index (χ0n) is 9.87. The molecule has 0 N–H and O–H groups in total. The summed E-state index contributed by atoms with van der Waals surface area (Å²) in [5, 5.41) is 0. The molecule has 0 atom stereocenters. The Bertz CT molecular complexity index is 359. The first-order chi connectivity index (χ1) is 7.70. The van der Waals surface area contributed by atoms with Gasteiger partial charge >= 0.3 is 0 Å². The third kappa shape index (κ3) is 2.51. The highest BCUT2D eigenvalue weighted by molar-refractivity contribution is 9.10. The molecule has 1 fully saturated rings. The molecule has 0 radical (unpaired) electrons. The van der Waals surface area contributed by atoms with Crippen LogP contribution in [0.5, 0.6) is 5.75 Å². The van der Waals surface area contributed by atoms with E-state index in [2.05, 4.69) is 46.0 Å². The van der Waals surface area contributed by atoms with Crippen LogP contribution in [0.4, 0.5) is 5.69 Å². The second-order valence-electron chi connectivity index (χ2n) is 4.49. The number of rotatable bonds is 2. The molecular weight excluding hydrogens is 266 g/mol. The highest BCUT2D eigenvalue weighted by Crippen LogP contribution is 2.31. The lowest BCUT2D eigenvalue weighted by Crippen LogP contribution is -2.32. The van der Waals surface area contributed by atoms with Crippen LogP contribution in [0.3, 0.4) is 0 Å². The molecule has 2 nitrogen and oxygen atoms in total. The van der Waals surface area contributed by atoms with E-state index in [1.807, 2.05) is 0 Å². The summed E-state index contributed by atoms with van der Waals surface area (Å²) in [4.78, 5) is 2.44. The van der Waals surface area contributed by atoms with Gasteiger partial charge in [-0.05, 0) is 46.8 Å². The smallest absolute Gasteiger partial charge is 0.135 e. The third-order valence-corrected chi connectivity index (χ3v) is 3.94. The first-order valence-electron chi connectivity index (χ1n) is 5.79. The van der Waals surface area contributed by atoms with Gasteiger partial charge in [-0.2, -0.15) is 0 Å². The highest BCUT2D eigenvalue weighted by Gasteiger charge is 2.16. The Hall–Kier alpha value is -0.700. The second-order valence-corrected chi connectivity index (χ2v) is 5.34. The lowest BCUT2D eigenvalue weighted by molar-refractivity contribution is 0.410. The summed E-state index contributed by atoms with van der Waals surface area (Å²) >= 11 is 3.48. The third-order valence-electron chi connectivity index (χ3n) is 3.28. The van der Waals surface area contributed by atoms with E-state index in [0.717, 1.165) is 29.2 Å². The predicted molar refractivity (Wildman–Crippen MR) is 71.3 cm³/mol. The van der Waals surface area contributed by atoms with Crippen molar-refractivity contribution in [2.45, 2.75) is 19.8 Å². The lowest BCUT2D eigenvalue weighted by atomic mass is 9.99. The van der Waals surface area contributed by atoms with Gasteiger partial charge in [-0.3, -0.25) is 0 Å². The van der Waals surface area contributed by atoms with Crippen molar-refractivity contribution in [1.29, 1.82) is 0 Å². The average Bonchev–Trinajstić information content (AvgIpc) is 2.31. The number of anilines is 1. The first kappa shape index (κ1) is 11.8. The fourth-order valence-electron chi connectivity index (χ4n) is 2.11. The molecule has 0 spiro atoms. The predicted octanol–water partition coefficient (Wildman–Crippen LogP) is 3.69. The van der Waals surface area contributed by atoms with Crippen LogP contribution in [0.2, 0.25) is 0 Å². The molecule has 1 saturated heterocycles. The summed E-state index contributed by atoms with van der Waals surface area (Å²) in [5.41, 5.74) is 1.27. The minimum absolute atomic E-state index is 0.869. The maximum Gasteiger partial charge on any atom is 0.135 e. The Balaban J connectivity index is 2.14. The fraction of sp³-hybridized carbons (Fsp3) is 0.538. The summed E-state index contributed by atoms with van der Waals surface area (Å²) in [7, 11) is 1.71. The topological polar surface area (TPSA) is 12.5 Å². The van der Waals surface area contributed by atoms with Crippen molar-refractivity contribution in [3.05, 3.63) is 22.7 Å². The van der Waals surface area contributed by atoms with Crippen molar-refractivity contribution in [2.75, 3.05) is 25.1 Å². The summed E-state index contributed by atoms with van der Waals surface area (Å²) < 4.78 is 6.34. The molecule has 2 rings (SSSR count). The lowest BCUT2D eigenvalue weighted by Gasteiger charge is -2.32. The SMILES string of the molecule is COc1cc(N2CCC(C)CC2)ccc1Br. The van der Waals surface area contributed by atoms with Crippen LogP contribution in [-0.4, -0.2) is 20.2 Å². The van der Waals surface area contributed by atoms with Crippen molar-refractivity contribution in [3.63, 3.8) is 0 Å². The first-order valence-corrected chi connectivity index (χ1v) is 6.58. The molecule has 0 aliphatic carbocycles. The number of halogens is 1. The number of benzene rings is 1. The van der Waals surface area contributed by atoms with Gasteiger partial charge in [0.15, 0.2) is 0 Å². The van der Waals surface area contributed by atoms with Crippen molar-refractivity contribution in [3.8, 4) is 5.75 Å². The van der Waals surface area contributed by atoms with Gasteiger partial charge in [-0.1, -0.05) is 6.92 Å². The van der Waals surface area contributed by atoms with Crippen LogP contribution in [0.1, 0.15) is 19.8 Å². The maximum absolute atomic E-state index is 5.32. The number of hydrogen-bond acceptors (Lipinski definition) is 2. The Labute approximate surface area is 106 Å². The van der Waals surface area contributed by atoms with E-state index in [4.69, 9.17) is 4.74 Å². The largest absolute Gasteiger partial charge is 0.495 e. The van der Waals surface area contributed by atoms with Crippen molar-refractivity contribution in [1.82, 2.24) is 0 Å². The Morgan fingerprint density at radius 3 is 2.62 bits per heavy atom. The molecule has 1 aromatic carbocycles. The summed E-state index contributed by atoms with van der Waals surface area (Å²) in [6.07, 6.45) is 2.58. The summed E-state index contributed by atoms with van der Waals surface area (Å²) in [5.74, 6) is 1.78. The van der Waals surface area contributed by atoms with E-state index in [0.29, 0.717) is 0 Å². The van der Waals surface area contributed by atoms with E-state index in [1.54, 1.807) is 7.11 Å². The van der Waals surface area contributed by atoms with Crippen LogP contribution >= 0.6 is 15.9 Å². The van der Waals surface area contributed by atoms with Crippen LogP contribution in [0, 0.1) is 5.92 Å². The number of hydrogen-bond donors (Lipinski definition) is 0. The number of nitrogens with zero attached hydrogens (tertiary/aromatic N) is 1. The quantitative estimate of drug-likeness (QED) is 0.821. The zero-order chi connectivity index (χ0) is 11.5. The van der Waals surface area contributed by atoms with E-state index in [1.165, 1.54) is 18.5 Å². The van der Waals surface area contributed by atoms with Crippen molar-refractivity contribution >= 4 is 21.6 Å². The van der Waals surface area contributed by atoms with Gasteiger partial charge in [0.2, 0.25) is 0 Å². The Morgan fingerprint density at radius 1 is 1.31 bits per heavy atom. The molecule has 16 heavy (non-hydrogen) atoms. The molecule has 3 heteroatoms. The van der Waals surface area contributed by atoms with Crippen molar-refractivity contribution < 1.29 is 4.74 Å². The van der Waals surface area contributed by atoms with Gasteiger partial charge in [0.05, 0.1) is 11.6 Å². The maximum atomic E-state index is 5.32. The molecule has 0 bridgehead atoms. The van der Waals surface area contributed by atoms with Gasteiger partial charge < -0.3 is 9.64 Å². The normalized spacial score (nSPS) is 17.6. The van der Waals surface area contributed by atoms with Gasteiger partial charge in [-0.25, -0.2) is 0 Å². The fourth-order valence-corrected chi connectivity index (χ4v) is 2.52. The van der Waals surface area contributed by atoms with E-state index < -0.39 is 0 Å². The molecule has 0 amide bonds. The Kier molecular flexibility index (Phi) is 3.74. The van der Waals surface area contributed by atoms with Crippen LogP contribution < -0.4 is 9.64 Å². The molecule has 0 unspecified atom stereocenters. The van der Waals surface area contributed by atoms with Gasteiger partial charge in [0.25, 0.3) is 0 Å². The molecular formula is C13H18BrNO. The molecule has 1 aromatic rings. The minimum atomic E-state index is 0.869. The standard InChI is InChI=1S/C13H18BrNO/c1-10-5-7-15(8-6-10)11-3-4-12(14)13(9-11)16-2/h3-4,9-10H,5-8H2,1-2H3. The molecule has 88 valence electrons. The highest BCUT2D eigenvalue weighted by atomic mass is 79.9. The van der Waals surface area contributed by atoms with E-state index >= 15 is 0 Å². The van der Waals surface area contributed by atoms with E-state index in [-0.39, 0.29) is 0 Å². The Morgan fingerprint density at radius 2 is 2.00 bits per heavy atom. The van der Waals surface area contributed by atoms with Crippen molar-refractivity contribution in [2.24, 2.45) is 5.92 Å². The van der Waals surface area contributed by atoms with Gasteiger partial charge in [0.1, 0.15) is 5.75 Å². The van der Waals surface area contributed by atoms with E-state index in [9.17, 15) is 0 Å². The van der Waals surface area contributed by atoms with Crippen LogP contribution in [0.25, 0.3) is 0 Å². The van der Waals surface area contributed by atoms with Gasteiger partial charge in [0, 0.05) is 24.8 Å². The van der Waals surface area contributed by atoms with Crippen LogP contribution in [0.15, 0.2) is 22.7 Å². The average molecular weight is 284 g/mol. The molecule has 1 aliphatic heterocycles. The van der Waals surface area contributed by atoms with Crippen LogP contribution in [-0.2, 0) is 0 Å². The number of piperidine rings is 1. The minimum Gasteiger partial charge on any atom is -0.495 e.